The van der Waals surface area contributed by atoms with Gasteiger partial charge in [0.2, 0.25) is 0 Å². The van der Waals surface area contributed by atoms with Crippen LogP contribution in [0.5, 0.6) is 0 Å². The van der Waals surface area contributed by atoms with Crippen molar-refractivity contribution in [2.75, 3.05) is 0 Å². The highest BCUT2D eigenvalue weighted by atomic mass is 35.5. The summed E-state index contributed by atoms with van der Waals surface area (Å²) >= 11 is 6.07. The van der Waals surface area contributed by atoms with E-state index in [-0.39, 0.29) is 18.4 Å². The first-order valence-corrected chi connectivity index (χ1v) is 8.70. The van der Waals surface area contributed by atoms with Gasteiger partial charge in [0, 0.05) is 10.6 Å². The second-order valence-electron chi connectivity index (χ2n) is 6.97. The normalized spacial score (nSPS) is 26.7. The molecule has 0 heterocycles. The summed E-state index contributed by atoms with van der Waals surface area (Å²) in [5.41, 5.74) is 3.00. The van der Waals surface area contributed by atoms with Crippen molar-refractivity contribution in [1.29, 1.82) is 0 Å². The summed E-state index contributed by atoms with van der Waals surface area (Å²) in [5, 5.41) is 4.83. The molecule has 0 saturated heterocycles. The molecule has 1 atom stereocenters. The van der Waals surface area contributed by atoms with Crippen molar-refractivity contribution in [1.82, 2.24) is 5.32 Å². The number of rotatable bonds is 4. The number of halogens is 2. The Morgan fingerprint density at radius 1 is 0.913 bits per heavy atom. The standard InChI is InChI=1S/C20H22ClN.ClH/c21-18-8-6-17(7-9-18)19(16-4-2-1-3-5-16)22-20-12-10-15(14-20)11-13-20;/h1-9,15,19,22H,10-14H2;1H. The molecule has 122 valence electrons. The molecule has 23 heavy (non-hydrogen) atoms. The number of benzene rings is 2. The third kappa shape index (κ3) is 3.42. The molecule has 1 N–H and O–H groups in total. The van der Waals surface area contributed by atoms with Crippen LogP contribution in [0.25, 0.3) is 0 Å². The van der Waals surface area contributed by atoms with Gasteiger partial charge in [0.25, 0.3) is 0 Å². The Morgan fingerprint density at radius 2 is 1.52 bits per heavy atom. The average Bonchev–Trinajstić information content (AvgIpc) is 3.15. The van der Waals surface area contributed by atoms with Crippen molar-refractivity contribution in [2.45, 2.75) is 43.7 Å². The van der Waals surface area contributed by atoms with E-state index >= 15 is 0 Å². The van der Waals surface area contributed by atoms with E-state index in [0.717, 1.165) is 10.9 Å². The van der Waals surface area contributed by atoms with Gasteiger partial charge in [0.15, 0.2) is 0 Å². The first kappa shape index (κ1) is 16.8. The van der Waals surface area contributed by atoms with E-state index in [2.05, 4.69) is 47.8 Å². The second-order valence-corrected chi connectivity index (χ2v) is 7.40. The fraction of sp³-hybridized carbons (Fsp3) is 0.400. The molecule has 3 heteroatoms. The van der Waals surface area contributed by atoms with E-state index < -0.39 is 0 Å². The molecule has 2 aliphatic carbocycles. The summed E-state index contributed by atoms with van der Waals surface area (Å²) in [5.74, 6) is 0.953. The van der Waals surface area contributed by atoms with Crippen LogP contribution in [0.15, 0.2) is 54.6 Å². The zero-order valence-corrected chi connectivity index (χ0v) is 14.7. The zero-order chi connectivity index (χ0) is 15.0. The maximum atomic E-state index is 6.07. The van der Waals surface area contributed by atoms with E-state index in [9.17, 15) is 0 Å². The lowest BCUT2D eigenvalue weighted by Crippen LogP contribution is -2.43. The van der Waals surface area contributed by atoms with Gasteiger partial charge in [-0.2, -0.15) is 0 Å². The summed E-state index contributed by atoms with van der Waals surface area (Å²) in [7, 11) is 0. The molecule has 2 aliphatic rings. The highest BCUT2D eigenvalue weighted by molar-refractivity contribution is 6.30. The summed E-state index contributed by atoms with van der Waals surface area (Å²) < 4.78 is 0. The Morgan fingerprint density at radius 3 is 2.09 bits per heavy atom. The van der Waals surface area contributed by atoms with Gasteiger partial charge in [-0.05, 0) is 61.3 Å². The van der Waals surface area contributed by atoms with Gasteiger partial charge in [-0.15, -0.1) is 12.4 Å². The van der Waals surface area contributed by atoms with Crippen molar-refractivity contribution in [3.63, 3.8) is 0 Å². The predicted molar refractivity (Wildman–Crippen MR) is 99.4 cm³/mol. The molecule has 2 bridgehead atoms. The molecule has 0 spiro atoms. The van der Waals surface area contributed by atoms with E-state index in [4.69, 9.17) is 11.6 Å². The van der Waals surface area contributed by atoms with Crippen LogP contribution in [0.4, 0.5) is 0 Å². The number of nitrogens with one attached hydrogen (secondary N) is 1. The molecule has 1 unspecified atom stereocenters. The lowest BCUT2D eigenvalue weighted by atomic mass is 9.89. The molecule has 0 aliphatic heterocycles. The molecule has 2 aromatic carbocycles. The molecule has 2 fully saturated rings. The van der Waals surface area contributed by atoms with E-state index in [0.29, 0.717) is 5.54 Å². The molecular weight excluding hydrogens is 325 g/mol. The molecule has 2 saturated carbocycles. The topological polar surface area (TPSA) is 12.0 Å². The van der Waals surface area contributed by atoms with Crippen LogP contribution in [-0.4, -0.2) is 5.54 Å². The van der Waals surface area contributed by atoms with Gasteiger partial charge >= 0.3 is 0 Å². The Hall–Kier alpha value is -1.02. The van der Waals surface area contributed by atoms with Crippen LogP contribution < -0.4 is 5.32 Å². The smallest absolute Gasteiger partial charge is 0.0580 e. The minimum Gasteiger partial charge on any atom is -0.301 e. The molecule has 2 aromatic rings. The Balaban J connectivity index is 0.00000156. The van der Waals surface area contributed by atoms with Gasteiger partial charge in [-0.3, -0.25) is 0 Å². The van der Waals surface area contributed by atoms with E-state index in [1.165, 1.54) is 43.2 Å². The molecule has 4 rings (SSSR count). The number of fused-ring (bicyclic) bond motifs is 2. The summed E-state index contributed by atoms with van der Waals surface area (Å²) in [6.07, 6.45) is 6.80. The van der Waals surface area contributed by atoms with Crippen molar-refractivity contribution in [3.05, 3.63) is 70.7 Å². The Bertz CT molecular complexity index is 630. The molecule has 1 nitrogen and oxygen atoms in total. The van der Waals surface area contributed by atoms with Crippen LogP contribution >= 0.6 is 24.0 Å². The van der Waals surface area contributed by atoms with Crippen LogP contribution in [0.2, 0.25) is 5.02 Å². The van der Waals surface area contributed by atoms with Gasteiger partial charge < -0.3 is 5.32 Å². The van der Waals surface area contributed by atoms with Gasteiger partial charge in [-0.1, -0.05) is 54.1 Å². The largest absolute Gasteiger partial charge is 0.301 e. The molecular formula is C20H23Cl2N. The van der Waals surface area contributed by atoms with Crippen molar-refractivity contribution < 1.29 is 0 Å². The monoisotopic (exact) mass is 347 g/mol. The highest BCUT2D eigenvalue weighted by Crippen LogP contribution is 2.49. The quantitative estimate of drug-likeness (QED) is 0.739. The fourth-order valence-electron chi connectivity index (χ4n) is 4.36. The fourth-order valence-corrected chi connectivity index (χ4v) is 4.49. The Kier molecular flexibility index (Phi) is 5.01. The predicted octanol–water partition coefficient (Wildman–Crippen LogP) is 5.77. The number of hydrogen-bond acceptors (Lipinski definition) is 1. The zero-order valence-electron chi connectivity index (χ0n) is 13.2. The van der Waals surface area contributed by atoms with Crippen molar-refractivity contribution in [3.8, 4) is 0 Å². The lowest BCUT2D eigenvalue weighted by molar-refractivity contribution is 0.305. The van der Waals surface area contributed by atoms with Crippen molar-refractivity contribution in [2.24, 2.45) is 5.92 Å². The van der Waals surface area contributed by atoms with Gasteiger partial charge in [0.1, 0.15) is 0 Å². The van der Waals surface area contributed by atoms with Crippen LogP contribution in [-0.2, 0) is 0 Å². The van der Waals surface area contributed by atoms with Crippen LogP contribution in [0.1, 0.15) is 49.3 Å². The first-order valence-electron chi connectivity index (χ1n) is 8.32. The maximum Gasteiger partial charge on any atom is 0.0580 e. The van der Waals surface area contributed by atoms with Gasteiger partial charge in [-0.25, -0.2) is 0 Å². The van der Waals surface area contributed by atoms with E-state index in [1.54, 1.807) is 0 Å². The molecule has 0 amide bonds. The third-order valence-electron chi connectivity index (χ3n) is 5.53. The second kappa shape index (κ2) is 6.84. The SMILES string of the molecule is Cl.Clc1ccc(C(NC23CCC(CC2)C3)c2ccccc2)cc1. The molecule has 0 radical (unpaired) electrons. The minimum atomic E-state index is 0. The summed E-state index contributed by atoms with van der Waals surface area (Å²) in [4.78, 5) is 0. The van der Waals surface area contributed by atoms with Gasteiger partial charge in [0.05, 0.1) is 6.04 Å². The van der Waals surface area contributed by atoms with Crippen LogP contribution in [0.3, 0.4) is 0 Å². The van der Waals surface area contributed by atoms with Crippen molar-refractivity contribution >= 4 is 24.0 Å². The maximum absolute atomic E-state index is 6.07. The Labute approximate surface area is 149 Å². The lowest BCUT2D eigenvalue weighted by Gasteiger charge is -2.34. The first-order chi connectivity index (χ1) is 10.7. The summed E-state index contributed by atoms with van der Waals surface area (Å²) in [6.45, 7) is 0. The minimum absolute atomic E-state index is 0. The third-order valence-corrected chi connectivity index (χ3v) is 5.78. The number of hydrogen-bond donors (Lipinski definition) is 1. The average molecular weight is 348 g/mol. The summed E-state index contributed by atoms with van der Waals surface area (Å²) in [6, 6.07) is 19.4. The molecule has 0 aromatic heterocycles. The highest BCUT2D eigenvalue weighted by Gasteiger charge is 2.45. The van der Waals surface area contributed by atoms with Crippen LogP contribution in [0, 0.1) is 5.92 Å². The van der Waals surface area contributed by atoms with E-state index in [1.807, 2.05) is 12.1 Å².